The van der Waals surface area contributed by atoms with Crippen LogP contribution in [0.2, 0.25) is 0 Å². The van der Waals surface area contributed by atoms with Gasteiger partial charge in [-0.25, -0.2) is 0 Å². The number of aliphatic carboxylic acids is 1. The predicted octanol–water partition coefficient (Wildman–Crippen LogP) is 3.43. The molecule has 146 valence electrons. The molecule has 8 nitrogen and oxygen atoms in total. The Balaban J connectivity index is 2.24. The monoisotopic (exact) mass is 731 g/mol. The summed E-state index contributed by atoms with van der Waals surface area (Å²) in [5.74, 6) is -0.0692. The molecular weight excluding hydrogens is 719 g/mol. The van der Waals surface area contributed by atoms with Gasteiger partial charge in [0, 0.05) is 6.07 Å². The van der Waals surface area contributed by atoms with E-state index < -0.39 is 22.4 Å². The fourth-order valence-electron chi connectivity index (χ4n) is 1.98. The van der Waals surface area contributed by atoms with Gasteiger partial charge < -0.3 is 19.8 Å². The second kappa shape index (κ2) is 9.38. The molecule has 2 aromatic rings. The van der Waals surface area contributed by atoms with E-state index in [1.54, 1.807) is 24.3 Å². The van der Waals surface area contributed by atoms with Gasteiger partial charge >= 0.3 is 16.4 Å². The molecule has 0 heterocycles. The molecule has 0 spiro atoms. The Hall–Kier alpha value is -0.430. The number of halogens is 3. The lowest BCUT2D eigenvalue weighted by molar-refractivity contribution is -0.138. The summed E-state index contributed by atoms with van der Waals surface area (Å²) in [6, 6.07) is 7.24. The molecule has 0 aliphatic heterocycles. The van der Waals surface area contributed by atoms with Crippen LogP contribution in [0.15, 0.2) is 30.3 Å². The van der Waals surface area contributed by atoms with Gasteiger partial charge in [-0.2, -0.15) is 8.42 Å². The zero-order valence-electron chi connectivity index (χ0n) is 13.2. The van der Waals surface area contributed by atoms with Gasteiger partial charge in [-0.05, 0) is 98.0 Å². The van der Waals surface area contributed by atoms with Crippen LogP contribution in [-0.4, -0.2) is 30.1 Å². The summed E-state index contributed by atoms with van der Waals surface area (Å²) in [5.41, 5.74) is 6.31. The van der Waals surface area contributed by atoms with E-state index >= 15 is 0 Å². The van der Waals surface area contributed by atoms with Crippen molar-refractivity contribution >= 4 is 84.1 Å². The number of hydrogen-bond acceptors (Lipinski definition) is 6. The maximum Gasteiger partial charge on any atom is 0.446 e. The summed E-state index contributed by atoms with van der Waals surface area (Å²) in [5, 5.41) is 8.89. The minimum Gasteiger partial charge on any atom is -0.480 e. The molecule has 0 saturated carbocycles. The number of carboxylic acid groups (broad SMARTS) is 1. The van der Waals surface area contributed by atoms with Crippen LogP contribution in [0.4, 0.5) is 0 Å². The first kappa shape index (κ1) is 22.9. The minimum absolute atomic E-state index is 0.0115. The van der Waals surface area contributed by atoms with Crippen LogP contribution in [0.3, 0.4) is 0 Å². The highest BCUT2D eigenvalue weighted by Crippen LogP contribution is 2.36. The van der Waals surface area contributed by atoms with Crippen molar-refractivity contribution in [3.63, 3.8) is 0 Å². The Labute approximate surface area is 196 Å². The molecule has 27 heavy (non-hydrogen) atoms. The lowest BCUT2D eigenvalue weighted by Gasteiger charge is -2.13. The number of carboxylic acids is 1. The molecule has 0 radical (unpaired) electrons. The van der Waals surface area contributed by atoms with Gasteiger partial charge in [0.2, 0.25) is 0 Å². The number of benzene rings is 2. The summed E-state index contributed by atoms with van der Waals surface area (Å²) >= 11 is 5.88. The first-order valence-electron chi connectivity index (χ1n) is 7.07. The molecule has 2 aromatic carbocycles. The molecular formula is C15H12I3NO7S. The largest absolute Gasteiger partial charge is 0.480 e. The number of hydrogen-bond donors (Lipinski definition) is 3. The van der Waals surface area contributed by atoms with Crippen molar-refractivity contribution in [2.24, 2.45) is 5.73 Å². The number of rotatable bonds is 7. The average molecular weight is 731 g/mol. The lowest BCUT2D eigenvalue weighted by atomic mass is 10.1. The van der Waals surface area contributed by atoms with Crippen LogP contribution in [0.5, 0.6) is 17.2 Å². The zero-order valence-corrected chi connectivity index (χ0v) is 20.5. The van der Waals surface area contributed by atoms with Crippen molar-refractivity contribution in [2.45, 2.75) is 12.5 Å². The molecule has 0 saturated heterocycles. The molecule has 0 amide bonds. The third-order valence-electron chi connectivity index (χ3n) is 3.17. The number of nitrogens with two attached hydrogens (primary N) is 1. The van der Waals surface area contributed by atoms with Crippen molar-refractivity contribution in [1.82, 2.24) is 0 Å². The lowest BCUT2D eigenvalue weighted by Crippen LogP contribution is -2.32. The Kier molecular flexibility index (Phi) is 7.94. The molecule has 12 heteroatoms. The van der Waals surface area contributed by atoms with Crippen LogP contribution in [0.1, 0.15) is 5.56 Å². The van der Waals surface area contributed by atoms with Crippen LogP contribution in [-0.2, 0) is 21.6 Å². The molecule has 0 unspecified atom stereocenters. The molecule has 0 fully saturated rings. The smallest absolute Gasteiger partial charge is 0.446 e. The third-order valence-corrected chi connectivity index (χ3v) is 6.09. The topological polar surface area (TPSA) is 136 Å². The molecule has 1 atom stereocenters. The predicted molar refractivity (Wildman–Crippen MR) is 123 cm³/mol. The minimum atomic E-state index is -4.62. The van der Waals surface area contributed by atoms with E-state index in [1.807, 2.05) is 45.2 Å². The van der Waals surface area contributed by atoms with Crippen LogP contribution in [0, 0.1) is 10.7 Å². The van der Waals surface area contributed by atoms with Gasteiger partial charge in [0.15, 0.2) is 5.75 Å². The quantitative estimate of drug-likeness (QED) is 0.292. The Morgan fingerprint density at radius 1 is 1.04 bits per heavy atom. The first-order valence-corrected chi connectivity index (χ1v) is 11.7. The Bertz CT molecular complexity index is 982. The highest BCUT2D eigenvalue weighted by Gasteiger charge is 2.17. The first-order chi connectivity index (χ1) is 12.5. The SMILES string of the molecule is N[C@@H](Cc1ccc(Oc2cc(I)c(OS(=O)(=O)O)cc2I)c(I)c1)C(=O)O. The number of ether oxygens (including phenoxy) is 1. The molecule has 0 bridgehead atoms. The van der Waals surface area contributed by atoms with Crippen molar-refractivity contribution in [3.05, 3.63) is 46.6 Å². The van der Waals surface area contributed by atoms with E-state index in [4.69, 9.17) is 20.1 Å². The molecule has 0 aromatic heterocycles. The molecule has 0 aliphatic rings. The van der Waals surface area contributed by atoms with E-state index in [0.29, 0.717) is 18.6 Å². The maximum atomic E-state index is 10.9. The Morgan fingerprint density at radius 3 is 2.15 bits per heavy atom. The van der Waals surface area contributed by atoms with E-state index in [2.05, 4.69) is 26.8 Å². The zero-order chi connectivity index (χ0) is 20.4. The molecule has 4 N–H and O–H groups in total. The van der Waals surface area contributed by atoms with Crippen molar-refractivity contribution < 1.29 is 31.8 Å². The fourth-order valence-corrected chi connectivity index (χ4v) is 4.28. The summed E-state index contributed by atoms with van der Waals surface area (Å²) in [7, 11) is -4.62. The fraction of sp³-hybridized carbons (Fsp3) is 0.133. The van der Waals surface area contributed by atoms with Crippen LogP contribution in [0.25, 0.3) is 0 Å². The Morgan fingerprint density at radius 2 is 1.59 bits per heavy atom. The maximum absolute atomic E-state index is 10.9. The summed E-state index contributed by atoms with van der Waals surface area (Å²) in [6.07, 6.45) is 0.197. The van der Waals surface area contributed by atoms with E-state index in [1.165, 1.54) is 6.07 Å². The van der Waals surface area contributed by atoms with E-state index in [-0.39, 0.29) is 12.2 Å². The van der Waals surface area contributed by atoms with Gasteiger partial charge in [-0.1, -0.05) is 6.07 Å². The van der Waals surface area contributed by atoms with Gasteiger partial charge in [-0.15, -0.1) is 0 Å². The normalized spacial score (nSPS) is 12.5. The van der Waals surface area contributed by atoms with Crippen molar-refractivity contribution in [2.75, 3.05) is 0 Å². The van der Waals surface area contributed by atoms with Gasteiger partial charge in [-0.3, -0.25) is 9.35 Å². The standard InChI is InChI=1S/C15H12I3NO7S/c16-8-3-7(4-11(19)15(20)21)1-2-12(8)25-13-5-10(18)14(6-9(13)17)26-27(22,23)24/h1-3,5-6,11H,4,19H2,(H,20,21)(H,22,23,24)/t11-/m0/s1. The van der Waals surface area contributed by atoms with Crippen LogP contribution >= 0.6 is 67.8 Å². The molecule has 0 aliphatic carbocycles. The number of carbonyl (C=O) groups is 1. The van der Waals surface area contributed by atoms with Crippen molar-refractivity contribution in [1.29, 1.82) is 0 Å². The van der Waals surface area contributed by atoms with Gasteiger partial charge in [0.25, 0.3) is 0 Å². The second-order valence-corrected chi connectivity index (χ2v) is 9.75. The summed E-state index contributed by atoms with van der Waals surface area (Å²) in [6.45, 7) is 0. The van der Waals surface area contributed by atoms with E-state index in [9.17, 15) is 13.2 Å². The van der Waals surface area contributed by atoms with E-state index in [0.717, 1.165) is 9.13 Å². The highest BCUT2D eigenvalue weighted by atomic mass is 127. The second-order valence-electron chi connectivity index (χ2n) is 5.24. The van der Waals surface area contributed by atoms with Crippen LogP contribution < -0.4 is 14.7 Å². The summed E-state index contributed by atoms with van der Waals surface area (Å²) < 4.78 is 42.7. The van der Waals surface area contributed by atoms with Gasteiger partial charge in [0.05, 0.1) is 10.7 Å². The van der Waals surface area contributed by atoms with Gasteiger partial charge in [0.1, 0.15) is 17.5 Å². The average Bonchev–Trinajstić information content (AvgIpc) is 2.53. The highest BCUT2D eigenvalue weighted by molar-refractivity contribution is 14.1. The third kappa shape index (κ3) is 6.84. The summed E-state index contributed by atoms with van der Waals surface area (Å²) in [4.78, 5) is 10.9. The van der Waals surface area contributed by atoms with Crippen molar-refractivity contribution in [3.8, 4) is 17.2 Å². The molecule has 2 rings (SSSR count).